The Balaban J connectivity index is 2.11. The summed E-state index contributed by atoms with van der Waals surface area (Å²) in [6, 6.07) is 0. The minimum absolute atomic E-state index is 0.0332. The van der Waals surface area contributed by atoms with Gasteiger partial charge in [-0.15, -0.1) is 0 Å². The van der Waals surface area contributed by atoms with Crippen molar-refractivity contribution in [3.8, 4) is 0 Å². The van der Waals surface area contributed by atoms with Crippen LogP contribution >= 0.6 is 11.6 Å². The van der Waals surface area contributed by atoms with E-state index in [0.717, 1.165) is 0 Å². The molecule has 2 aromatic heterocycles. The molecular formula is C9H11ClN6O. The molecule has 17 heavy (non-hydrogen) atoms. The van der Waals surface area contributed by atoms with Gasteiger partial charge < -0.3 is 16.2 Å². The lowest BCUT2D eigenvalue weighted by Crippen LogP contribution is -2.02. The van der Waals surface area contributed by atoms with Gasteiger partial charge in [0.15, 0.2) is 0 Å². The number of nitrogen functional groups attached to an aromatic ring is 1. The number of aliphatic hydroxyl groups is 1. The van der Waals surface area contributed by atoms with E-state index < -0.39 is 0 Å². The van der Waals surface area contributed by atoms with Crippen LogP contribution in [-0.4, -0.2) is 31.5 Å². The SMILES string of the molecule is Nc1nc(Nc2cnn(CCO)c2)ncc1Cl. The molecule has 0 unspecified atom stereocenters. The van der Waals surface area contributed by atoms with Gasteiger partial charge in [0.1, 0.15) is 10.8 Å². The molecular weight excluding hydrogens is 244 g/mol. The summed E-state index contributed by atoms with van der Waals surface area (Å²) in [5.74, 6) is 0.558. The second kappa shape index (κ2) is 4.98. The van der Waals surface area contributed by atoms with Gasteiger partial charge in [-0.25, -0.2) is 4.98 Å². The van der Waals surface area contributed by atoms with Gasteiger partial charge in [-0.2, -0.15) is 10.1 Å². The summed E-state index contributed by atoms with van der Waals surface area (Å²) >= 11 is 5.71. The zero-order valence-electron chi connectivity index (χ0n) is 8.84. The third kappa shape index (κ3) is 2.83. The maximum absolute atomic E-state index is 8.75. The first kappa shape index (κ1) is 11.6. The molecule has 0 amide bonds. The number of nitrogens with two attached hydrogens (primary N) is 1. The zero-order valence-corrected chi connectivity index (χ0v) is 9.59. The van der Waals surface area contributed by atoms with Gasteiger partial charge in [0, 0.05) is 6.20 Å². The highest BCUT2D eigenvalue weighted by Crippen LogP contribution is 2.18. The highest BCUT2D eigenvalue weighted by atomic mass is 35.5. The van der Waals surface area contributed by atoms with Crippen LogP contribution < -0.4 is 11.1 Å². The predicted molar refractivity (Wildman–Crippen MR) is 64.0 cm³/mol. The topological polar surface area (TPSA) is 102 Å². The van der Waals surface area contributed by atoms with Gasteiger partial charge in [-0.05, 0) is 0 Å². The van der Waals surface area contributed by atoms with Crippen molar-refractivity contribution in [3.63, 3.8) is 0 Å². The third-order valence-corrected chi connectivity index (χ3v) is 2.28. The Hall–Kier alpha value is -1.86. The monoisotopic (exact) mass is 254 g/mol. The minimum Gasteiger partial charge on any atom is -0.394 e. The Kier molecular flexibility index (Phi) is 3.40. The lowest BCUT2D eigenvalue weighted by atomic mass is 10.5. The van der Waals surface area contributed by atoms with Crippen molar-refractivity contribution in [2.75, 3.05) is 17.7 Å². The number of nitrogens with zero attached hydrogens (tertiary/aromatic N) is 4. The molecule has 4 N–H and O–H groups in total. The summed E-state index contributed by atoms with van der Waals surface area (Å²) in [4.78, 5) is 7.93. The van der Waals surface area contributed by atoms with Gasteiger partial charge in [0.25, 0.3) is 0 Å². The summed E-state index contributed by atoms with van der Waals surface area (Å²) in [7, 11) is 0. The number of nitrogens with one attached hydrogen (secondary N) is 1. The minimum atomic E-state index is 0.0332. The number of hydrogen-bond acceptors (Lipinski definition) is 6. The third-order valence-electron chi connectivity index (χ3n) is 1.99. The van der Waals surface area contributed by atoms with Crippen molar-refractivity contribution in [1.82, 2.24) is 19.7 Å². The Morgan fingerprint density at radius 3 is 3.00 bits per heavy atom. The Bertz CT molecular complexity index is 514. The molecule has 0 radical (unpaired) electrons. The molecule has 2 heterocycles. The van der Waals surface area contributed by atoms with Gasteiger partial charge in [-0.3, -0.25) is 4.68 Å². The molecule has 0 saturated carbocycles. The molecule has 0 aliphatic rings. The lowest BCUT2D eigenvalue weighted by molar-refractivity contribution is 0.269. The smallest absolute Gasteiger partial charge is 0.229 e. The first-order chi connectivity index (χ1) is 8.19. The van der Waals surface area contributed by atoms with E-state index in [1.165, 1.54) is 6.20 Å². The van der Waals surface area contributed by atoms with Crippen molar-refractivity contribution in [1.29, 1.82) is 0 Å². The van der Waals surface area contributed by atoms with E-state index in [4.69, 9.17) is 22.4 Å². The fourth-order valence-corrected chi connectivity index (χ4v) is 1.31. The molecule has 0 atom stereocenters. The molecule has 0 saturated heterocycles. The number of anilines is 3. The Morgan fingerprint density at radius 2 is 2.29 bits per heavy atom. The Morgan fingerprint density at radius 1 is 1.47 bits per heavy atom. The fourth-order valence-electron chi connectivity index (χ4n) is 1.22. The summed E-state index contributed by atoms with van der Waals surface area (Å²) in [6.45, 7) is 0.469. The number of aliphatic hydroxyl groups excluding tert-OH is 1. The van der Waals surface area contributed by atoms with Crippen LogP contribution in [-0.2, 0) is 6.54 Å². The van der Waals surface area contributed by atoms with E-state index in [-0.39, 0.29) is 12.4 Å². The highest BCUT2D eigenvalue weighted by Gasteiger charge is 2.03. The standard InChI is InChI=1S/C9H11ClN6O/c10-7-4-12-9(15-8(7)11)14-6-3-13-16(5-6)1-2-17/h3-5,17H,1-2H2,(H3,11,12,14,15). The van der Waals surface area contributed by atoms with E-state index in [1.54, 1.807) is 17.1 Å². The van der Waals surface area contributed by atoms with Crippen molar-refractivity contribution in [3.05, 3.63) is 23.6 Å². The van der Waals surface area contributed by atoms with E-state index in [2.05, 4.69) is 20.4 Å². The molecule has 0 fully saturated rings. The summed E-state index contributed by atoms with van der Waals surface area (Å²) < 4.78 is 1.60. The summed E-state index contributed by atoms with van der Waals surface area (Å²) in [5, 5.41) is 16.0. The van der Waals surface area contributed by atoms with E-state index in [1.807, 2.05) is 0 Å². The molecule has 2 aromatic rings. The number of halogens is 1. The predicted octanol–water partition coefficient (Wildman–Crippen LogP) is 0.645. The zero-order chi connectivity index (χ0) is 12.3. The average molecular weight is 255 g/mol. The average Bonchev–Trinajstić information content (AvgIpc) is 2.72. The second-order valence-electron chi connectivity index (χ2n) is 3.27. The largest absolute Gasteiger partial charge is 0.394 e. The van der Waals surface area contributed by atoms with Crippen LogP contribution in [0.15, 0.2) is 18.6 Å². The molecule has 0 bridgehead atoms. The lowest BCUT2D eigenvalue weighted by Gasteiger charge is -2.02. The number of aromatic nitrogens is 4. The molecule has 2 rings (SSSR count). The maximum atomic E-state index is 8.75. The van der Waals surface area contributed by atoms with Crippen LogP contribution in [0, 0.1) is 0 Å². The van der Waals surface area contributed by atoms with E-state index in [9.17, 15) is 0 Å². The molecule has 8 heteroatoms. The second-order valence-corrected chi connectivity index (χ2v) is 3.67. The first-order valence-corrected chi connectivity index (χ1v) is 5.25. The molecule has 90 valence electrons. The Labute approximate surface area is 102 Å². The van der Waals surface area contributed by atoms with Crippen molar-refractivity contribution < 1.29 is 5.11 Å². The summed E-state index contributed by atoms with van der Waals surface area (Å²) in [5.41, 5.74) is 6.26. The van der Waals surface area contributed by atoms with Gasteiger partial charge in [0.05, 0.1) is 31.2 Å². The van der Waals surface area contributed by atoms with Crippen molar-refractivity contribution in [2.24, 2.45) is 0 Å². The molecule has 0 aliphatic carbocycles. The maximum Gasteiger partial charge on any atom is 0.229 e. The first-order valence-electron chi connectivity index (χ1n) is 4.87. The van der Waals surface area contributed by atoms with Crippen LogP contribution in [0.3, 0.4) is 0 Å². The van der Waals surface area contributed by atoms with Crippen LogP contribution in [0.25, 0.3) is 0 Å². The summed E-state index contributed by atoms with van der Waals surface area (Å²) in [6.07, 6.45) is 4.75. The van der Waals surface area contributed by atoms with E-state index in [0.29, 0.717) is 23.2 Å². The molecule has 0 spiro atoms. The van der Waals surface area contributed by atoms with Crippen LogP contribution in [0.2, 0.25) is 5.02 Å². The quantitative estimate of drug-likeness (QED) is 0.740. The highest BCUT2D eigenvalue weighted by molar-refractivity contribution is 6.32. The van der Waals surface area contributed by atoms with Crippen LogP contribution in [0.1, 0.15) is 0 Å². The molecule has 0 aromatic carbocycles. The number of hydrogen-bond donors (Lipinski definition) is 3. The normalized spacial score (nSPS) is 10.5. The fraction of sp³-hybridized carbons (Fsp3) is 0.222. The van der Waals surface area contributed by atoms with Crippen molar-refractivity contribution in [2.45, 2.75) is 6.54 Å². The van der Waals surface area contributed by atoms with Crippen LogP contribution in [0.4, 0.5) is 17.5 Å². The van der Waals surface area contributed by atoms with Gasteiger partial charge >= 0.3 is 0 Å². The molecule has 7 nitrogen and oxygen atoms in total. The van der Waals surface area contributed by atoms with Crippen LogP contribution in [0.5, 0.6) is 0 Å². The van der Waals surface area contributed by atoms with Gasteiger partial charge in [0.2, 0.25) is 5.95 Å². The van der Waals surface area contributed by atoms with Crippen molar-refractivity contribution >= 4 is 29.1 Å². The van der Waals surface area contributed by atoms with Gasteiger partial charge in [-0.1, -0.05) is 11.6 Å². The molecule has 0 aliphatic heterocycles. The number of rotatable bonds is 4. The van der Waals surface area contributed by atoms with E-state index >= 15 is 0 Å².